The lowest BCUT2D eigenvalue weighted by molar-refractivity contribution is -0.106. The second-order valence-corrected chi connectivity index (χ2v) is 9.37. The minimum Gasteiger partial charge on any atom is -0.371 e. The van der Waals surface area contributed by atoms with Gasteiger partial charge in [-0.1, -0.05) is 24.7 Å². The molecule has 0 fully saturated rings. The number of aryl methyl sites for hydroxylation is 1. The predicted octanol–water partition coefficient (Wildman–Crippen LogP) is 4.81. The zero-order valence-electron chi connectivity index (χ0n) is 16.2. The van der Waals surface area contributed by atoms with Gasteiger partial charge in [0.15, 0.2) is 5.75 Å². The number of nitrogens with one attached hydrogen (secondary N) is 1. The van der Waals surface area contributed by atoms with Gasteiger partial charge in [0.25, 0.3) is 5.13 Å². The summed E-state index contributed by atoms with van der Waals surface area (Å²) >= 11 is 1.13. The van der Waals surface area contributed by atoms with Crippen LogP contribution in [0.3, 0.4) is 0 Å². The third-order valence-electron chi connectivity index (χ3n) is 4.40. The summed E-state index contributed by atoms with van der Waals surface area (Å²) in [7, 11) is -4.67. The molecule has 0 amide bonds. The van der Waals surface area contributed by atoms with Crippen LogP contribution in [0.15, 0.2) is 27.9 Å². The minimum atomic E-state index is -4.86. The van der Waals surface area contributed by atoms with Crippen LogP contribution in [0.2, 0.25) is 0 Å². The van der Waals surface area contributed by atoms with Crippen LogP contribution in [0.5, 0.6) is 0 Å². The van der Waals surface area contributed by atoms with Crippen LogP contribution in [0.1, 0.15) is 31.7 Å². The molecule has 0 bridgehead atoms. The third-order valence-corrected chi connectivity index (χ3v) is 6.22. The SMILES string of the molecule is CCCCN1CCCc2cc(N=Nc3nncs3)c(NS(=O)(=O)CC(F)(F)F)cc21. The molecule has 2 aromatic rings. The van der Waals surface area contributed by atoms with E-state index in [2.05, 4.69) is 32.2 Å². The molecule has 0 aliphatic carbocycles. The van der Waals surface area contributed by atoms with Crippen molar-refractivity contribution in [3.05, 3.63) is 23.2 Å². The van der Waals surface area contributed by atoms with Gasteiger partial charge in [-0.15, -0.1) is 20.4 Å². The van der Waals surface area contributed by atoms with Crippen LogP contribution in [0.4, 0.5) is 35.4 Å². The van der Waals surface area contributed by atoms with Crippen molar-refractivity contribution >= 4 is 43.6 Å². The summed E-state index contributed by atoms with van der Waals surface area (Å²) in [6.07, 6.45) is -1.24. The van der Waals surface area contributed by atoms with Crippen molar-refractivity contribution in [2.45, 2.75) is 38.8 Å². The Balaban J connectivity index is 2.00. The van der Waals surface area contributed by atoms with E-state index in [0.717, 1.165) is 61.4 Å². The lowest BCUT2D eigenvalue weighted by atomic mass is 10.00. The second kappa shape index (κ2) is 9.25. The zero-order valence-corrected chi connectivity index (χ0v) is 17.8. The molecule has 1 aliphatic heterocycles. The van der Waals surface area contributed by atoms with Crippen LogP contribution < -0.4 is 9.62 Å². The Morgan fingerprint density at radius 2 is 2.10 bits per heavy atom. The Hall–Kier alpha value is -2.28. The summed E-state index contributed by atoms with van der Waals surface area (Å²) in [5.74, 6) is -1.98. The molecule has 0 saturated heterocycles. The summed E-state index contributed by atoms with van der Waals surface area (Å²) in [6.45, 7) is 3.65. The molecule has 1 aliphatic rings. The Labute approximate surface area is 176 Å². The number of rotatable bonds is 8. The van der Waals surface area contributed by atoms with E-state index >= 15 is 0 Å². The Bertz CT molecular complexity index is 994. The van der Waals surface area contributed by atoms with Gasteiger partial charge in [0, 0.05) is 18.8 Å². The van der Waals surface area contributed by atoms with Crippen molar-refractivity contribution in [1.82, 2.24) is 10.2 Å². The van der Waals surface area contributed by atoms with Crippen LogP contribution in [-0.2, 0) is 16.4 Å². The van der Waals surface area contributed by atoms with Crippen molar-refractivity contribution in [2.24, 2.45) is 10.2 Å². The van der Waals surface area contributed by atoms with Gasteiger partial charge in [-0.05, 0) is 37.0 Å². The normalized spacial score (nSPS) is 14.9. The first-order chi connectivity index (χ1) is 14.2. The first kappa shape index (κ1) is 22.4. The molecule has 1 N–H and O–H groups in total. The topological polar surface area (TPSA) is 99.9 Å². The predicted molar refractivity (Wildman–Crippen MR) is 109 cm³/mol. The smallest absolute Gasteiger partial charge is 0.371 e. The molecule has 0 spiro atoms. The van der Waals surface area contributed by atoms with Crippen LogP contribution in [0, 0.1) is 0 Å². The Morgan fingerprint density at radius 1 is 1.30 bits per heavy atom. The van der Waals surface area contributed by atoms with Gasteiger partial charge in [0.1, 0.15) is 11.2 Å². The molecular weight excluding hydrogens is 441 g/mol. The fourth-order valence-corrected chi connectivity index (χ4v) is 4.54. The highest BCUT2D eigenvalue weighted by Crippen LogP contribution is 2.38. The van der Waals surface area contributed by atoms with Gasteiger partial charge in [-0.25, -0.2) is 8.42 Å². The number of alkyl halides is 3. The standard InChI is InChI=1S/C17H21F3N6O2S2/c1-2-3-6-26-7-4-5-12-8-13(22-24-16-23-21-11-29-16)14(9-15(12)26)25-30(27,28)10-17(18,19)20/h8-9,11,25H,2-7,10H2,1H3. The summed E-state index contributed by atoms with van der Waals surface area (Å²) in [4.78, 5) is 2.12. The van der Waals surface area contributed by atoms with E-state index in [-0.39, 0.29) is 16.5 Å². The Morgan fingerprint density at radius 3 is 2.77 bits per heavy atom. The van der Waals surface area contributed by atoms with Gasteiger partial charge in [0.2, 0.25) is 10.0 Å². The molecule has 1 aromatic heterocycles. The highest BCUT2D eigenvalue weighted by Gasteiger charge is 2.35. The van der Waals surface area contributed by atoms with E-state index in [4.69, 9.17) is 0 Å². The first-order valence-electron chi connectivity index (χ1n) is 9.34. The molecule has 1 aromatic carbocycles. The van der Waals surface area contributed by atoms with E-state index < -0.39 is 22.0 Å². The molecule has 3 rings (SSSR count). The monoisotopic (exact) mass is 462 g/mol. The second-order valence-electron chi connectivity index (χ2n) is 6.84. The van der Waals surface area contributed by atoms with Crippen molar-refractivity contribution in [3.8, 4) is 0 Å². The highest BCUT2D eigenvalue weighted by atomic mass is 32.2. The molecule has 13 heteroatoms. The van der Waals surface area contributed by atoms with Crippen molar-refractivity contribution in [3.63, 3.8) is 0 Å². The van der Waals surface area contributed by atoms with E-state index in [1.807, 2.05) is 4.72 Å². The Kier molecular flexibility index (Phi) is 6.91. The van der Waals surface area contributed by atoms with Crippen LogP contribution >= 0.6 is 11.3 Å². The van der Waals surface area contributed by atoms with Crippen LogP contribution in [0.25, 0.3) is 0 Å². The maximum atomic E-state index is 12.7. The summed E-state index contributed by atoms with van der Waals surface area (Å²) in [5, 5.41) is 15.6. The number of halogens is 3. The van der Waals surface area contributed by atoms with Crippen molar-refractivity contribution < 1.29 is 21.6 Å². The molecule has 0 radical (unpaired) electrons. The summed E-state index contributed by atoms with van der Waals surface area (Å²) < 4.78 is 64.2. The number of benzene rings is 1. The molecule has 0 atom stereocenters. The average molecular weight is 463 g/mol. The lowest BCUT2D eigenvalue weighted by Crippen LogP contribution is -2.31. The van der Waals surface area contributed by atoms with Crippen molar-refractivity contribution in [1.29, 1.82) is 0 Å². The molecule has 30 heavy (non-hydrogen) atoms. The lowest BCUT2D eigenvalue weighted by Gasteiger charge is -2.32. The minimum absolute atomic E-state index is 0.0466. The van der Waals surface area contributed by atoms with Gasteiger partial charge < -0.3 is 4.90 Å². The molecule has 0 saturated carbocycles. The number of hydrogen-bond acceptors (Lipinski definition) is 8. The molecule has 164 valence electrons. The van der Waals surface area contributed by atoms with Gasteiger partial charge in [-0.3, -0.25) is 4.72 Å². The summed E-state index contributed by atoms with van der Waals surface area (Å²) in [5.41, 5.74) is 3.29. The maximum Gasteiger partial charge on any atom is 0.404 e. The number of aromatic nitrogens is 2. The number of sulfonamides is 1. The van der Waals surface area contributed by atoms with E-state index in [9.17, 15) is 21.6 Å². The largest absolute Gasteiger partial charge is 0.404 e. The molecular formula is C17H21F3N6O2S2. The molecule has 0 unspecified atom stereocenters. The third kappa shape index (κ3) is 6.11. The number of fused-ring (bicyclic) bond motifs is 1. The van der Waals surface area contributed by atoms with Crippen LogP contribution in [-0.4, -0.2) is 43.6 Å². The van der Waals surface area contributed by atoms with E-state index in [1.54, 1.807) is 12.1 Å². The van der Waals surface area contributed by atoms with E-state index in [1.165, 1.54) is 5.51 Å². The number of unbranched alkanes of at least 4 members (excludes halogenated alkanes) is 1. The number of hydrogen-bond donors (Lipinski definition) is 1. The maximum absolute atomic E-state index is 12.7. The quantitative estimate of drug-likeness (QED) is 0.568. The van der Waals surface area contributed by atoms with Gasteiger partial charge in [-0.2, -0.15) is 13.2 Å². The van der Waals surface area contributed by atoms with Gasteiger partial charge >= 0.3 is 6.18 Å². The van der Waals surface area contributed by atoms with Crippen molar-refractivity contribution in [2.75, 3.05) is 28.5 Å². The molecule has 2 heterocycles. The molecule has 8 nitrogen and oxygen atoms in total. The average Bonchev–Trinajstić information content (AvgIpc) is 3.16. The summed E-state index contributed by atoms with van der Waals surface area (Å²) in [6, 6.07) is 3.22. The number of azo groups is 1. The number of anilines is 2. The fraction of sp³-hybridized carbons (Fsp3) is 0.529. The highest BCUT2D eigenvalue weighted by molar-refractivity contribution is 7.92. The first-order valence-corrected chi connectivity index (χ1v) is 11.9. The van der Waals surface area contributed by atoms with E-state index in [0.29, 0.717) is 0 Å². The zero-order chi connectivity index (χ0) is 21.8. The van der Waals surface area contributed by atoms with Gasteiger partial charge in [0.05, 0.1) is 5.69 Å². The fourth-order valence-electron chi connectivity index (χ4n) is 3.17. The number of nitrogens with zero attached hydrogens (tertiary/aromatic N) is 5.